The molecular formula is C40H38Br2F2N4O6. The van der Waals surface area contributed by atoms with Crippen molar-refractivity contribution in [3.05, 3.63) is 128 Å². The zero-order valence-electron chi connectivity index (χ0n) is 29.2. The van der Waals surface area contributed by atoms with Crippen molar-refractivity contribution in [2.24, 2.45) is 0 Å². The molecule has 0 fully saturated rings. The van der Waals surface area contributed by atoms with Gasteiger partial charge in [0.15, 0.2) is 0 Å². The summed E-state index contributed by atoms with van der Waals surface area (Å²) in [5, 5.41) is 25.4. The van der Waals surface area contributed by atoms with Crippen molar-refractivity contribution in [3.63, 3.8) is 0 Å². The van der Waals surface area contributed by atoms with Crippen LogP contribution < -0.4 is 20.1 Å². The van der Waals surface area contributed by atoms with Crippen molar-refractivity contribution in [2.45, 2.75) is 37.9 Å². The zero-order valence-corrected chi connectivity index (χ0v) is 32.3. The summed E-state index contributed by atoms with van der Waals surface area (Å²) in [6, 6.07) is 28.0. The maximum absolute atomic E-state index is 14.0. The van der Waals surface area contributed by atoms with E-state index in [-0.39, 0.29) is 44.8 Å². The average molecular weight is 869 g/mol. The van der Waals surface area contributed by atoms with Crippen LogP contribution in [-0.2, 0) is 19.1 Å². The van der Waals surface area contributed by atoms with E-state index in [1.165, 1.54) is 12.1 Å². The van der Waals surface area contributed by atoms with Crippen molar-refractivity contribution < 1.29 is 37.3 Å². The first-order chi connectivity index (χ1) is 26.2. The summed E-state index contributed by atoms with van der Waals surface area (Å²) in [7, 11) is 0. The lowest BCUT2D eigenvalue weighted by Gasteiger charge is -2.21. The zero-order chi connectivity index (χ0) is 38.7. The minimum Gasteiger partial charge on any atom is -0.484 e. The first-order valence-electron chi connectivity index (χ1n) is 17.2. The lowest BCUT2D eigenvalue weighted by atomic mass is 10.1. The minimum absolute atomic E-state index is 0.0195. The normalized spacial score (nSPS) is 11.8. The molecule has 0 aliphatic heterocycles. The van der Waals surface area contributed by atoms with Crippen LogP contribution in [0.1, 0.15) is 60.1 Å². The Bertz CT molecular complexity index is 1790. The number of benzene rings is 4. The van der Waals surface area contributed by atoms with E-state index in [0.29, 0.717) is 51.9 Å². The highest BCUT2D eigenvalue weighted by molar-refractivity contribution is 9.10. The van der Waals surface area contributed by atoms with Crippen molar-refractivity contribution in [2.75, 3.05) is 39.4 Å². The second kappa shape index (κ2) is 22.4. The number of halogens is 4. The predicted molar refractivity (Wildman–Crippen MR) is 203 cm³/mol. The Morgan fingerprint density at radius 1 is 0.630 bits per heavy atom. The molecule has 2 atom stereocenters. The topological polar surface area (TPSA) is 143 Å². The van der Waals surface area contributed by atoms with E-state index in [4.69, 9.17) is 18.9 Å². The van der Waals surface area contributed by atoms with E-state index in [9.17, 15) is 28.9 Å². The molecule has 4 aromatic carbocycles. The van der Waals surface area contributed by atoms with Crippen molar-refractivity contribution in [1.82, 2.24) is 10.6 Å². The van der Waals surface area contributed by atoms with Gasteiger partial charge in [0.05, 0.1) is 33.3 Å². The summed E-state index contributed by atoms with van der Waals surface area (Å²) in [6.45, 7) is 2.10. The summed E-state index contributed by atoms with van der Waals surface area (Å²) in [6.07, 6.45) is 1.13. The van der Waals surface area contributed by atoms with Gasteiger partial charge in [-0.05, 0) is 106 Å². The lowest BCUT2D eigenvalue weighted by Crippen LogP contribution is -2.25. The third kappa shape index (κ3) is 13.2. The lowest BCUT2D eigenvalue weighted by molar-refractivity contribution is -0.167. The first kappa shape index (κ1) is 41.9. The van der Waals surface area contributed by atoms with Crippen LogP contribution in [0.3, 0.4) is 0 Å². The van der Waals surface area contributed by atoms with Crippen LogP contribution in [-0.4, -0.2) is 51.3 Å². The quantitative estimate of drug-likeness (QED) is 0.0510. The number of carbonyl (C=O) groups excluding carboxylic acids is 2. The van der Waals surface area contributed by atoms with Gasteiger partial charge < -0.3 is 29.6 Å². The molecule has 0 unspecified atom stereocenters. The molecule has 0 saturated heterocycles. The minimum atomic E-state index is -1.06. The molecule has 282 valence electrons. The average Bonchev–Trinajstić information content (AvgIpc) is 3.19. The number of ether oxygens (including phenoxy) is 4. The highest BCUT2D eigenvalue weighted by atomic mass is 79.9. The Balaban J connectivity index is 1.10. The number of hydrogen-bond acceptors (Lipinski definition) is 10. The molecule has 0 saturated carbocycles. The van der Waals surface area contributed by atoms with Crippen LogP contribution in [0.2, 0.25) is 0 Å². The van der Waals surface area contributed by atoms with Gasteiger partial charge in [0.25, 0.3) is 0 Å². The number of nitrogens with zero attached hydrogens (tertiary/aromatic N) is 2. The number of rotatable bonds is 20. The Hall–Kier alpha value is -4.86. The Morgan fingerprint density at radius 2 is 1.02 bits per heavy atom. The highest BCUT2D eigenvalue weighted by Gasteiger charge is 2.20. The molecule has 0 aromatic heterocycles. The standard InChI is InChI=1S/C40H38Br2F2N4O6/c41-31-23-37(29(25-45)21-33(31)43)53-35(27-9-3-1-4-10-27)13-17-47-15-7-19-51-39(49)40(50)52-20-8-16-48-18-14-36(28-11-5-2-6-12-28)54-38-24-32(42)34(44)22-30(38)26-46/h1-6,9-12,21-24,35-36,47-48H,7-8,13-20H2/t35-,36-/m1/s1. The summed E-state index contributed by atoms with van der Waals surface area (Å²) < 4.78 is 50.7. The SMILES string of the molecule is N#Cc1cc(F)c(Br)cc1O[C@H](CCNCCCOC(=O)C(=O)OCCCNCC[C@@H](Oc1cc(Br)c(F)cc1C#N)c1ccccc1)c1ccccc1. The number of esters is 2. The first-order valence-corrected chi connectivity index (χ1v) is 18.8. The molecule has 0 aliphatic carbocycles. The van der Waals surface area contributed by atoms with Gasteiger partial charge in [-0.2, -0.15) is 10.5 Å². The molecule has 4 rings (SSSR count). The summed E-state index contributed by atoms with van der Waals surface area (Å²) >= 11 is 6.30. The van der Waals surface area contributed by atoms with Gasteiger partial charge in [0.2, 0.25) is 0 Å². The van der Waals surface area contributed by atoms with Gasteiger partial charge in [-0.1, -0.05) is 60.7 Å². The number of nitrogens with one attached hydrogen (secondary N) is 2. The number of hydrogen-bond donors (Lipinski definition) is 2. The third-order valence-electron chi connectivity index (χ3n) is 7.96. The fourth-order valence-corrected chi connectivity index (χ4v) is 5.86. The van der Waals surface area contributed by atoms with Crippen LogP contribution in [0.5, 0.6) is 11.5 Å². The van der Waals surface area contributed by atoms with Gasteiger partial charge in [-0.25, -0.2) is 18.4 Å². The second-order valence-corrected chi connectivity index (χ2v) is 13.5. The molecule has 0 amide bonds. The van der Waals surface area contributed by atoms with Crippen LogP contribution in [0.4, 0.5) is 8.78 Å². The summed E-state index contributed by atoms with van der Waals surface area (Å²) in [5.41, 5.74) is 1.96. The maximum atomic E-state index is 14.0. The van der Waals surface area contributed by atoms with Crippen LogP contribution in [0.25, 0.3) is 0 Å². The number of nitriles is 2. The van der Waals surface area contributed by atoms with Gasteiger partial charge >= 0.3 is 11.9 Å². The van der Waals surface area contributed by atoms with E-state index < -0.39 is 35.8 Å². The fourth-order valence-electron chi connectivity index (χ4n) is 5.21. The van der Waals surface area contributed by atoms with Crippen molar-refractivity contribution in [1.29, 1.82) is 10.5 Å². The monoisotopic (exact) mass is 866 g/mol. The van der Waals surface area contributed by atoms with Crippen molar-refractivity contribution in [3.8, 4) is 23.6 Å². The Labute approximate surface area is 329 Å². The molecule has 2 N–H and O–H groups in total. The van der Waals surface area contributed by atoms with E-state index in [0.717, 1.165) is 23.3 Å². The molecular weight excluding hydrogens is 830 g/mol. The summed E-state index contributed by atoms with van der Waals surface area (Å²) in [5.74, 6) is -2.70. The van der Waals surface area contributed by atoms with Crippen LogP contribution in [0.15, 0.2) is 93.9 Å². The smallest absolute Gasteiger partial charge is 0.417 e. The molecule has 4 aromatic rings. The molecule has 0 radical (unpaired) electrons. The van der Waals surface area contributed by atoms with E-state index in [1.54, 1.807) is 0 Å². The molecule has 14 heteroatoms. The van der Waals surface area contributed by atoms with Crippen LogP contribution >= 0.6 is 31.9 Å². The summed E-state index contributed by atoms with van der Waals surface area (Å²) in [4.78, 5) is 24.2. The van der Waals surface area contributed by atoms with Crippen molar-refractivity contribution >= 4 is 43.8 Å². The fraction of sp³-hybridized carbons (Fsp3) is 0.300. The van der Waals surface area contributed by atoms with E-state index >= 15 is 0 Å². The maximum Gasteiger partial charge on any atom is 0.417 e. The van der Waals surface area contributed by atoms with Gasteiger partial charge in [-0.15, -0.1) is 0 Å². The largest absolute Gasteiger partial charge is 0.484 e. The predicted octanol–water partition coefficient (Wildman–Crippen LogP) is 8.00. The van der Waals surface area contributed by atoms with Gasteiger partial charge in [0, 0.05) is 12.8 Å². The van der Waals surface area contributed by atoms with Crippen LogP contribution in [0, 0.1) is 34.3 Å². The van der Waals surface area contributed by atoms with E-state index in [2.05, 4.69) is 42.5 Å². The number of carbonyl (C=O) groups is 2. The molecule has 0 aliphatic rings. The highest BCUT2D eigenvalue weighted by Crippen LogP contribution is 2.33. The Morgan fingerprint density at radius 3 is 1.39 bits per heavy atom. The third-order valence-corrected chi connectivity index (χ3v) is 9.18. The second-order valence-electron chi connectivity index (χ2n) is 11.8. The molecule has 0 heterocycles. The molecule has 54 heavy (non-hydrogen) atoms. The Kier molecular flexibility index (Phi) is 17.4. The van der Waals surface area contributed by atoms with Gasteiger partial charge in [-0.3, -0.25) is 0 Å². The van der Waals surface area contributed by atoms with E-state index in [1.807, 2.05) is 72.8 Å². The molecule has 0 spiro atoms. The molecule has 0 bridgehead atoms. The van der Waals surface area contributed by atoms with Gasteiger partial charge in [0.1, 0.15) is 47.5 Å². The molecule has 10 nitrogen and oxygen atoms in total.